The van der Waals surface area contributed by atoms with Crippen LogP contribution in [0.5, 0.6) is 0 Å². The summed E-state index contributed by atoms with van der Waals surface area (Å²) in [6, 6.07) is 7.53. The predicted octanol–water partition coefficient (Wildman–Crippen LogP) is 3.55. The van der Waals surface area contributed by atoms with Crippen LogP contribution in [0.25, 0.3) is 6.08 Å². The van der Waals surface area contributed by atoms with Crippen molar-refractivity contribution in [1.29, 1.82) is 0 Å². The number of rotatable bonds is 1. The third-order valence-corrected chi connectivity index (χ3v) is 1.62. The molecule has 10 heavy (non-hydrogen) atoms. The zero-order chi connectivity index (χ0) is 7.40. The van der Waals surface area contributed by atoms with Crippen LogP contribution < -0.4 is 0 Å². The minimum Gasteiger partial charge on any atom is -0.0929 e. The minimum absolute atomic E-state index is 0.722. The fourth-order valence-corrected chi connectivity index (χ4v) is 1.01. The summed E-state index contributed by atoms with van der Waals surface area (Å²) in [6.07, 6.45) is 1.75. The summed E-state index contributed by atoms with van der Waals surface area (Å²) in [4.78, 5) is 0. The van der Waals surface area contributed by atoms with E-state index in [2.05, 4.69) is 0 Å². The van der Waals surface area contributed by atoms with Crippen LogP contribution in [-0.2, 0) is 0 Å². The first-order valence-electron chi connectivity index (χ1n) is 2.86. The molecule has 52 valence electrons. The molecule has 0 aliphatic heterocycles. The molecule has 0 N–H and O–H groups in total. The van der Waals surface area contributed by atoms with Crippen LogP contribution >= 0.6 is 23.2 Å². The van der Waals surface area contributed by atoms with Crippen molar-refractivity contribution in [1.82, 2.24) is 0 Å². The second kappa shape index (κ2) is 3.65. The van der Waals surface area contributed by atoms with Gasteiger partial charge in [0, 0.05) is 10.6 Å². The Morgan fingerprint density at radius 3 is 2.50 bits per heavy atom. The standard InChI is InChI=1S/C8H6Cl2/c9-6-5-7-3-1-2-4-8(7)10/h1-6H/b6-5+. The average Bonchev–Trinajstić information content (AvgIpc) is 1.94. The van der Waals surface area contributed by atoms with Gasteiger partial charge >= 0.3 is 0 Å². The summed E-state index contributed by atoms with van der Waals surface area (Å²) in [5.74, 6) is 0. The van der Waals surface area contributed by atoms with Crippen molar-refractivity contribution in [3.8, 4) is 0 Å². The maximum atomic E-state index is 5.79. The van der Waals surface area contributed by atoms with E-state index < -0.39 is 0 Å². The third-order valence-electron chi connectivity index (χ3n) is 1.15. The van der Waals surface area contributed by atoms with Crippen molar-refractivity contribution in [2.75, 3.05) is 0 Å². The molecule has 0 aliphatic rings. The SMILES string of the molecule is Cl/C=C/c1ccccc1Cl. The Hall–Kier alpha value is -0.460. The van der Waals surface area contributed by atoms with Crippen LogP contribution in [0.4, 0.5) is 0 Å². The van der Waals surface area contributed by atoms with Crippen molar-refractivity contribution in [3.63, 3.8) is 0 Å². The summed E-state index contributed by atoms with van der Waals surface area (Å²) in [6.45, 7) is 0. The number of benzene rings is 1. The molecule has 0 unspecified atom stereocenters. The summed E-state index contributed by atoms with van der Waals surface area (Å²) < 4.78 is 0. The van der Waals surface area contributed by atoms with Gasteiger partial charge in [-0.15, -0.1) is 0 Å². The van der Waals surface area contributed by atoms with Gasteiger partial charge < -0.3 is 0 Å². The summed E-state index contributed by atoms with van der Waals surface area (Å²) in [5, 5.41) is 0.722. The predicted molar refractivity (Wildman–Crippen MR) is 46.3 cm³/mol. The Labute approximate surface area is 70.1 Å². The molecular weight excluding hydrogens is 167 g/mol. The molecule has 0 aliphatic carbocycles. The normalized spacial score (nSPS) is 10.6. The van der Waals surface area contributed by atoms with E-state index in [9.17, 15) is 0 Å². The van der Waals surface area contributed by atoms with E-state index >= 15 is 0 Å². The van der Waals surface area contributed by atoms with Crippen LogP contribution in [0.3, 0.4) is 0 Å². The molecule has 0 spiro atoms. The molecule has 0 nitrogen and oxygen atoms in total. The van der Waals surface area contributed by atoms with E-state index in [1.807, 2.05) is 24.3 Å². The molecule has 0 saturated heterocycles. The van der Waals surface area contributed by atoms with Crippen molar-refractivity contribution in [2.24, 2.45) is 0 Å². The lowest BCUT2D eigenvalue weighted by Gasteiger charge is -1.93. The summed E-state index contributed by atoms with van der Waals surface area (Å²) >= 11 is 11.2. The van der Waals surface area contributed by atoms with E-state index in [1.54, 1.807) is 6.08 Å². The average molecular weight is 173 g/mol. The third kappa shape index (κ3) is 1.76. The van der Waals surface area contributed by atoms with E-state index in [0.29, 0.717) is 0 Å². The molecule has 1 aromatic rings. The molecule has 2 heteroatoms. The highest BCUT2D eigenvalue weighted by atomic mass is 35.5. The molecule has 0 saturated carbocycles. The topological polar surface area (TPSA) is 0 Å². The smallest absolute Gasteiger partial charge is 0.0478 e. The molecule has 0 fully saturated rings. The highest BCUT2D eigenvalue weighted by Gasteiger charge is 1.90. The molecule has 0 aromatic heterocycles. The van der Waals surface area contributed by atoms with Crippen LogP contribution in [0.2, 0.25) is 5.02 Å². The minimum atomic E-state index is 0.722. The summed E-state index contributed by atoms with van der Waals surface area (Å²) in [7, 11) is 0. The fourth-order valence-electron chi connectivity index (χ4n) is 0.678. The molecule has 0 heterocycles. The lowest BCUT2D eigenvalue weighted by Crippen LogP contribution is -1.70. The van der Waals surface area contributed by atoms with Gasteiger partial charge in [-0.3, -0.25) is 0 Å². The van der Waals surface area contributed by atoms with Crippen molar-refractivity contribution >= 4 is 29.3 Å². The highest BCUT2D eigenvalue weighted by Crippen LogP contribution is 2.16. The summed E-state index contributed by atoms with van der Waals surface area (Å²) in [5.41, 5.74) is 2.39. The van der Waals surface area contributed by atoms with Gasteiger partial charge in [-0.1, -0.05) is 41.4 Å². The molecule has 0 atom stereocenters. The second-order valence-electron chi connectivity index (χ2n) is 1.81. The van der Waals surface area contributed by atoms with Gasteiger partial charge in [0.25, 0.3) is 0 Å². The Morgan fingerprint density at radius 1 is 1.20 bits per heavy atom. The van der Waals surface area contributed by atoms with E-state index in [-0.39, 0.29) is 0 Å². The number of hydrogen-bond donors (Lipinski definition) is 0. The van der Waals surface area contributed by atoms with Crippen molar-refractivity contribution in [3.05, 3.63) is 40.4 Å². The first-order chi connectivity index (χ1) is 4.84. The zero-order valence-electron chi connectivity index (χ0n) is 5.22. The molecular formula is C8H6Cl2. The first kappa shape index (κ1) is 7.64. The van der Waals surface area contributed by atoms with Crippen LogP contribution in [0.15, 0.2) is 29.8 Å². The Morgan fingerprint density at radius 2 is 1.90 bits per heavy atom. The Balaban J connectivity index is 3.03. The van der Waals surface area contributed by atoms with Crippen LogP contribution in [0.1, 0.15) is 5.56 Å². The lowest BCUT2D eigenvalue weighted by molar-refractivity contribution is 1.66. The zero-order valence-corrected chi connectivity index (χ0v) is 6.73. The van der Waals surface area contributed by atoms with Gasteiger partial charge in [0.1, 0.15) is 0 Å². The van der Waals surface area contributed by atoms with Gasteiger partial charge in [-0.05, 0) is 17.7 Å². The highest BCUT2D eigenvalue weighted by molar-refractivity contribution is 6.32. The van der Waals surface area contributed by atoms with Gasteiger partial charge in [0.15, 0.2) is 0 Å². The maximum absolute atomic E-state index is 5.79. The van der Waals surface area contributed by atoms with Gasteiger partial charge in [0.05, 0.1) is 0 Å². The number of halogens is 2. The van der Waals surface area contributed by atoms with Gasteiger partial charge in [-0.25, -0.2) is 0 Å². The molecule has 0 bridgehead atoms. The van der Waals surface area contributed by atoms with E-state index in [1.165, 1.54) is 5.54 Å². The van der Waals surface area contributed by atoms with E-state index in [0.717, 1.165) is 10.6 Å². The fraction of sp³-hybridized carbons (Fsp3) is 0. The van der Waals surface area contributed by atoms with Crippen LogP contribution in [0, 0.1) is 0 Å². The van der Waals surface area contributed by atoms with Crippen LogP contribution in [-0.4, -0.2) is 0 Å². The second-order valence-corrected chi connectivity index (χ2v) is 2.47. The van der Waals surface area contributed by atoms with Crippen molar-refractivity contribution in [2.45, 2.75) is 0 Å². The monoisotopic (exact) mass is 172 g/mol. The molecule has 1 aromatic carbocycles. The molecule has 1 rings (SSSR count). The van der Waals surface area contributed by atoms with E-state index in [4.69, 9.17) is 23.2 Å². The Kier molecular flexibility index (Phi) is 2.79. The molecule has 0 amide bonds. The quantitative estimate of drug-likeness (QED) is 0.609. The van der Waals surface area contributed by atoms with Gasteiger partial charge in [-0.2, -0.15) is 0 Å². The number of hydrogen-bond acceptors (Lipinski definition) is 0. The van der Waals surface area contributed by atoms with Crippen molar-refractivity contribution < 1.29 is 0 Å². The lowest BCUT2D eigenvalue weighted by atomic mass is 10.2. The maximum Gasteiger partial charge on any atom is 0.0478 e. The first-order valence-corrected chi connectivity index (χ1v) is 3.67. The Bertz CT molecular complexity index is 241. The largest absolute Gasteiger partial charge is 0.0929 e. The van der Waals surface area contributed by atoms with Gasteiger partial charge in [0.2, 0.25) is 0 Å². The molecule has 0 radical (unpaired) electrons.